The molecule has 8 heteroatoms. The Kier molecular flexibility index (Phi) is 4.37. The van der Waals surface area contributed by atoms with Gasteiger partial charge in [-0.15, -0.1) is 10.2 Å². The second kappa shape index (κ2) is 6.46. The molecule has 1 atom stereocenters. The first-order valence-corrected chi connectivity index (χ1v) is 8.04. The average molecular weight is 331 g/mol. The fraction of sp³-hybridized carbons (Fsp3) is 0.500. The Bertz CT molecular complexity index is 764. The van der Waals surface area contributed by atoms with E-state index >= 15 is 0 Å². The lowest BCUT2D eigenvalue weighted by Crippen LogP contribution is -2.53. The highest BCUT2D eigenvalue weighted by molar-refractivity contribution is 5.98. The Hall–Kier alpha value is -2.64. The molecule has 3 rings (SSSR count). The van der Waals surface area contributed by atoms with Crippen LogP contribution in [0.15, 0.2) is 16.7 Å². The van der Waals surface area contributed by atoms with Crippen molar-refractivity contribution in [2.75, 3.05) is 7.05 Å². The smallest absolute Gasteiger partial charge is 0.258 e. The maximum atomic E-state index is 13.0. The molecule has 2 amide bonds. The Labute approximate surface area is 139 Å². The summed E-state index contributed by atoms with van der Waals surface area (Å²) in [5.41, 5.74) is 0.510. The Morgan fingerprint density at radius 1 is 1.42 bits per heavy atom. The number of rotatable bonds is 4. The minimum absolute atomic E-state index is 0.206. The Balaban J connectivity index is 1.95. The topological polar surface area (TPSA) is 93.3 Å². The Morgan fingerprint density at radius 3 is 2.92 bits per heavy atom. The fourth-order valence-electron chi connectivity index (χ4n) is 3.02. The van der Waals surface area contributed by atoms with Gasteiger partial charge in [0, 0.05) is 13.5 Å². The predicted octanol–water partition coefficient (Wildman–Crippen LogP) is 0.903. The molecule has 0 aromatic carbocycles. The predicted molar refractivity (Wildman–Crippen MR) is 85.2 cm³/mol. The van der Waals surface area contributed by atoms with Gasteiger partial charge in [-0.1, -0.05) is 6.92 Å². The zero-order valence-electron chi connectivity index (χ0n) is 14.1. The number of likely N-dealkylation sites (N-methyl/N-ethyl adjacent to an activating group) is 1. The number of amides is 2. The first kappa shape index (κ1) is 16.2. The monoisotopic (exact) mass is 331 g/mol. The van der Waals surface area contributed by atoms with E-state index in [2.05, 4.69) is 15.5 Å². The number of nitrogens with zero attached hydrogens (tertiary/aromatic N) is 4. The van der Waals surface area contributed by atoms with E-state index in [0.29, 0.717) is 30.1 Å². The largest absolute Gasteiger partial charge is 0.469 e. The van der Waals surface area contributed by atoms with Crippen LogP contribution in [0, 0.1) is 6.92 Å². The molecular weight excluding hydrogens is 310 g/mol. The molecule has 0 saturated carbocycles. The summed E-state index contributed by atoms with van der Waals surface area (Å²) in [6, 6.07) is 1.06. The maximum absolute atomic E-state index is 13.0. The average Bonchev–Trinajstić information content (AvgIpc) is 3.20. The second-order valence-corrected chi connectivity index (χ2v) is 5.84. The third-order valence-electron chi connectivity index (χ3n) is 4.32. The Morgan fingerprint density at radius 2 is 2.21 bits per heavy atom. The minimum Gasteiger partial charge on any atom is -0.469 e. The van der Waals surface area contributed by atoms with Gasteiger partial charge in [0.15, 0.2) is 5.82 Å². The van der Waals surface area contributed by atoms with E-state index in [4.69, 9.17) is 4.42 Å². The van der Waals surface area contributed by atoms with Crippen LogP contribution in [-0.2, 0) is 24.3 Å². The third-order valence-corrected chi connectivity index (χ3v) is 4.32. The highest BCUT2D eigenvalue weighted by atomic mass is 16.3. The number of aryl methyl sites for hydroxylation is 2. The summed E-state index contributed by atoms with van der Waals surface area (Å²) in [5, 5.41) is 10.8. The molecule has 0 saturated heterocycles. The van der Waals surface area contributed by atoms with Crippen molar-refractivity contribution in [2.45, 2.75) is 45.8 Å². The number of nitrogens with one attached hydrogen (secondary N) is 1. The fourth-order valence-corrected chi connectivity index (χ4v) is 3.02. The molecular formula is C16H21N5O3. The molecule has 1 aliphatic rings. The van der Waals surface area contributed by atoms with Crippen molar-refractivity contribution in [1.29, 1.82) is 0 Å². The molecule has 1 aliphatic heterocycles. The molecule has 0 radical (unpaired) electrons. The molecule has 0 fully saturated rings. The highest BCUT2D eigenvalue weighted by Crippen LogP contribution is 2.23. The quantitative estimate of drug-likeness (QED) is 0.898. The summed E-state index contributed by atoms with van der Waals surface area (Å²) in [5.74, 6) is 1.65. The van der Waals surface area contributed by atoms with Crippen LogP contribution in [0.1, 0.15) is 41.1 Å². The van der Waals surface area contributed by atoms with Gasteiger partial charge in [0.2, 0.25) is 5.91 Å². The summed E-state index contributed by atoms with van der Waals surface area (Å²) in [4.78, 5) is 26.9. The van der Waals surface area contributed by atoms with Gasteiger partial charge in [-0.3, -0.25) is 9.59 Å². The SMILES string of the molecule is CCCc1occc1C(=O)N1Cc2nnc(C)n2CC1C(=O)NC. The first-order valence-electron chi connectivity index (χ1n) is 8.04. The van der Waals surface area contributed by atoms with Gasteiger partial charge in [-0.2, -0.15) is 0 Å². The van der Waals surface area contributed by atoms with Gasteiger partial charge in [-0.05, 0) is 19.4 Å². The summed E-state index contributed by atoms with van der Waals surface area (Å²) >= 11 is 0. The molecule has 0 aliphatic carbocycles. The van der Waals surface area contributed by atoms with Crippen LogP contribution in [0.5, 0.6) is 0 Å². The van der Waals surface area contributed by atoms with Crippen LogP contribution < -0.4 is 5.32 Å². The highest BCUT2D eigenvalue weighted by Gasteiger charge is 2.37. The lowest BCUT2D eigenvalue weighted by Gasteiger charge is -2.34. The number of hydrogen-bond donors (Lipinski definition) is 1. The third kappa shape index (κ3) is 2.68. The molecule has 8 nitrogen and oxygen atoms in total. The van der Waals surface area contributed by atoms with Crippen molar-refractivity contribution in [3.8, 4) is 0 Å². The number of fused-ring (bicyclic) bond motifs is 1. The standard InChI is InChI=1S/C16H21N5O3/c1-4-5-13-11(6-7-24-13)16(23)21-9-14-19-18-10(2)20(14)8-12(21)15(22)17-3/h6-7,12H,4-5,8-9H2,1-3H3,(H,17,22). The molecule has 0 spiro atoms. The van der Waals surface area contributed by atoms with Crippen molar-refractivity contribution in [1.82, 2.24) is 25.0 Å². The number of aromatic nitrogens is 3. The van der Waals surface area contributed by atoms with E-state index in [9.17, 15) is 9.59 Å². The normalized spacial score (nSPS) is 16.8. The van der Waals surface area contributed by atoms with Crippen molar-refractivity contribution >= 4 is 11.8 Å². The second-order valence-electron chi connectivity index (χ2n) is 5.84. The van der Waals surface area contributed by atoms with Crippen LogP contribution in [0.2, 0.25) is 0 Å². The molecule has 0 bridgehead atoms. The van der Waals surface area contributed by atoms with Gasteiger partial charge in [0.1, 0.15) is 17.6 Å². The zero-order chi connectivity index (χ0) is 17.3. The van der Waals surface area contributed by atoms with Crippen molar-refractivity contribution in [2.24, 2.45) is 0 Å². The number of carbonyl (C=O) groups is 2. The molecule has 1 unspecified atom stereocenters. The summed E-state index contributed by atoms with van der Waals surface area (Å²) in [6.45, 7) is 4.45. The number of furan rings is 1. The molecule has 2 aromatic rings. The molecule has 2 aromatic heterocycles. The molecule has 24 heavy (non-hydrogen) atoms. The van der Waals surface area contributed by atoms with Crippen molar-refractivity contribution < 1.29 is 14.0 Å². The van der Waals surface area contributed by atoms with Crippen molar-refractivity contribution in [3.05, 3.63) is 35.3 Å². The van der Waals surface area contributed by atoms with Gasteiger partial charge < -0.3 is 19.2 Å². The van der Waals surface area contributed by atoms with Gasteiger partial charge in [0.25, 0.3) is 5.91 Å². The summed E-state index contributed by atoms with van der Waals surface area (Å²) < 4.78 is 7.31. The van der Waals surface area contributed by atoms with Gasteiger partial charge in [-0.25, -0.2) is 0 Å². The number of hydrogen-bond acceptors (Lipinski definition) is 5. The van der Waals surface area contributed by atoms with Crippen LogP contribution in [-0.4, -0.2) is 44.6 Å². The summed E-state index contributed by atoms with van der Waals surface area (Å²) in [7, 11) is 1.57. The van der Waals surface area contributed by atoms with Gasteiger partial charge in [0.05, 0.1) is 24.9 Å². The summed E-state index contributed by atoms with van der Waals surface area (Å²) in [6.07, 6.45) is 3.08. The van der Waals surface area contributed by atoms with Crippen LogP contribution >= 0.6 is 0 Å². The first-order chi connectivity index (χ1) is 11.6. The molecule has 128 valence electrons. The van der Waals surface area contributed by atoms with E-state index in [1.165, 1.54) is 6.26 Å². The number of carbonyl (C=O) groups excluding carboxylic acids is 2. The van der Waals surface area contributed by atoms with Crippen LogP contribution in [0.3, 0.4) is 0 Å². The van der Waals surface area contributed by atoms with E-state index in [1.54, 1.807) is 18.0 Å². The van der Waals surface area contributed by atoms with Gasteiger partial charge >= 0.3 is 0 Å². The van der Waals surface area contributed by atoms with Crippen LogP contribution in [0.25, 0.3) is 0 Å². The molecule has 3 heterocycles. The van der Waals surface area contributed by atoms with Crippen molar-refractivity contribution in [3.63, 3.8) is 0 Å². The van der Waals surface area contributed by atoms with Crippen LogP contribution in [0.4, 0.5) is 0 Å². The van der Waals surface area contributed by atoms with E-state index in [1.807, 2.05) is 18.4 Å². The van der Waals surface area contributed by atoms with E-state index in [-0.39, 0.29) is 18.4 Å². The minimum atomic E-state index is -0.603. The van der Waals surface area contributed by atoms with E-state index < -0.39 is 6.04 Å². The lowest BCUT2D eigenvalue weighted by molar-refractivity contribution is -0.126. The maximum Gasteiger partial charge on any atom is 0.258 e. The zero-order valence-corrected chi connectivity index (χ0v) is 14.1. The molecule has 1 N–H and O–H groups in total. The lowest BCUT2D eigenvalue weighted by atomic mass is 10.1. The van der Waals surface area contributed by atoms with E-state index in [0.717, 1.165) is 12.2 Å².